The molecular formula is C14H24N4OS. The minimum atomic E-state index is -0.101. The SMILES string of the molecule is CC1CCC(CNC(=O)c2sc(NC(C)C)nc2N)C1. The number of hydrogen-bond acceptors (Lipinski definition) is 5. The Labute approximate surface area is 124 Å². The maximum absolute atomic E-state index is 12.2. The van der Waals surface area contributed by atoms with Crippen LogP contribution < -0.4 is 16.4 Å². The average Bonchev–Trinajstić information content (AvgIpc) is 2.92. The maximum atomic E-state index is 12.2. The third-order valence-electron chi connectivity index (χ3n) is 3.63. The molecule has 1 fully saturated rings. The fraction of sp³-hybridized carbons (Fsp3) is 0.714. The zero-order valence-electron chi connectivity index (χ0n) is 12.4. The van der Waals surface area contributed by atoms with E-state index >= 15 is 0 Å². The number of carbonyl (C=O) groups excluding carboxylic acids is 1. The highest BCUT2D eigenvalue weighted by molar-refractivity contribution is 7.18. The number of thiazole rings is 1. The Bertz CT molecular complexity index is 472. The first kappa shape index (κ1) is 15.1. The third kappa shape index (κ3) is 3.85. The molecule has 2 atom stereocenters. The van der Waals surface area contributed by atoms with E-state index in [9.17, 15) is 4.79 Å². The van der Waals surface area contributed by atoms with Gasteiger partial charge in [0.1, 0.15) is 10.7 Å². The first-order chi connectivity index (χ1) is 9.45. The van der Waals surface area contributed by atoms with Gasteiger partial charge >= 0.3 is 0 Å². The van der Waals surface area contributed by atoms with Crippen molar-refractivity contribution in [3.05, 3.63) is 4.88 Å². The summed E-state index contributed by atoms with van der Waals surface area (Å²) in [5.74, 6) is 1.61. The molecule has 0 spiro atoms. The van der Waals surface area contributed by atoms with Gasteiger partial charge in [-0.2, -0.15) is 0 Å². The van der Waals surface area contributed by atoms with Gasteiger partial charge < -0.3 is 16.4 Å². The van der Waals surface area contributed by atoms with Gasteiger partial charge in [0.05, 0.1) is 0 Å². The number of amides is 1. The van der Waals surface area contributed by atoms with Crippen LogP contribution in [0.1, 0.15) is 49.7 Å². The molecule has 1 heterocycles. The van der Waals surface area contributed by atoms with Gasteiger partial charge in [-0.3, -0.25) is 4.79 Å². The summed E-state index contributed by atoms with van der Waals surface area (Å²) in [6.07, 6.45) is 3.68. The first-order valence-corrected chi connectivity index (χ1v) is 8.08. The van der Waals surface area contributed by atoms with Crippen LogP contribution in [0.5, 0.6) is 0 Å². The summed E-state index contributed by atoms with van der Waals surface area (Å²) in [5.41, 5.74) is 5.82. The minimum Gasteiger partial charge on any atom is -0.382 e. The lowest BCUT2D eigenvalue weighted by Crippen LogP contribution is -2.28. The van der Waals surface area contributed by atoms with Crippen molar-refractivity contribution in [1.29, 1.82) is 0 Å². The van der Waals surface area contributed by atoms with Gasteiger partial charge in [-0.1, -0.05) is 24.7 Å². The van der Waals surface area contributed by atoms with Crippen molar-refractivity contribution in [3.8, 4) is 0 Å². The Morgan fingerprint density at radius 3 is 2.85 bits per heavy atom. The first-order valence-electron chi connectivity index (χ1n) is 7.26. The predicted octanol–water partition coefficient (Wildman–Crippen LogP) is 2.71. The van der Waals surface area contributed by atoms with Crippen molar-refractivity contribution in [2.75, 3.05) is 17.6 Å². The lowest BCUT2D eigenvalue weighted by Gasteiger charge is -2.10. The minimum absolute atomic E-state index is 0.101. The van der Waals surface area contributed by atoms with Crippen LogP contribution in [0, 0.1) is 11.8 Å². The molecule has 2 rings (SSSR count). The van der Waals surface area contributed by atoms with Crippen molar-refractivity contribution in [3.63, 3.8) is 0 Å². The topological polar surface area (TPSA) is 80.0 Å². The van der Waals surface area contributed by atoms with Gasteiger partial charge in [0.25, 0.3) is 5.91 Å². The highest BCUT2D eigenvalue weighted by Gasteiger charge is 2.23. The lowest BCUT2D eigenvalue weighted by molar-refractivity contribution is 0.0952. The van der Waals surface area contributed by atoms with Crippen molar-refractivity contribution >= 4 is 28.2 Å². The molecule has 5 nitrogen and oxygen atoms in total. The molecule has 0 aromatic carbocycles. The number of nitrogens with two attached hydrogens (primary N) is 1. The van der Waals surface area contributed by atoms with Gasteiger partial charge in [0, 0.05) is 12.6 Å². The molecule has 20 heavy (non-hydrogen) atoms. The molecule has 112 valence electrons. The second kappa shape index (κ2) is 6.43. The van der Waals surface area contributed by atoms with Gasteiger partial charge in [0.2, 0.25) is 0 Å². The number of hydrogen-bond donors (Lipinski definition) is 3. The molecule has 1 aromatic rings. The molecule has 1 aliphatic rings. The van der Waals surface area contributed by atoms with E-state index in [0.29, 0.717) is 21.7 Å². The van der Waals surface area contributed by atoms with E-state index < -0.39 is 0 Å². The van der Waals surface area contributed by atoms with Crippen LogP contribution in [0.3, 0.4) is 0 Å². The van der Waals surface area contributed by atoms with Crippen molar-refractivity contribution in [2.24, 2.45) is 11.8 Å². The quantitative estimate of drug-likeness (QED) is 0.780. The van der Waals surface area contributed by atoms with Crippen molar-refractivity contribution < 1.29 is 4.79 Å². The van der Waals surface area contributed by atoms with Gasteiger partial charge in [-0.25, -0.2) is 4.98 Å². The van der Waals surface area contributed by atoms with Crippen LogP contribution in [-0.4, -0.2) is 23.5 Å². The molecule has 1 aliphatic carbocycles. The second-order valence-corrected chi connectivity index (χ2v) is 7.03. The number of nitrogen functional groups attached to an aromatic ring is 1. The smallest absolute Gasteiger partial charge is 0.265 e. The molecule has 4 N–H and O–H groups in total. The fourth-order valence-electron chi connectivity index (χ4n) is 2.63. The van der Waals surface area contributed by atoms with E-state index in [0.717, 1.165) is 12.5 Å². The fourth-order valence-corrected chi connectivity index (χ4v) is 3.58. The van der Waals surface area contributed by atoms with Crippen LogP contribution in [0.15, 0.2) is 0 Å². The molecule has 6 heteroatoms. The van der Waals surface area contributed by atoms with Gasteiger partial charge in [-0.05, 0) is 38.5 Å². The highest BCUT2D eigenvalue weighted by Crippen LogP contribution is 2.30. The monoisotopic (exact) mass is 296 g/mol. The molecule has 0 radical (unpaired) electrons. The Hall–Kier alpha value is -1.30. The van der Waals surface area contributed by atoms with E-state index in [2.05, 4.69) is 22.5 Å². The summed E-state index contributed by atoms with van der Waals surface area (Å²) in [5, 5.41) is 6.87. The van der Waals surface area contributed by atoms with Crippen LogP contribution in [0.2, 0.25) is 0 Å². The Morgan fingerprint density at radius 2 is 2.25 bits per heavy atom. The van der Waals surface area contributed by atoms with Crippen molar-refractivity contribution in [1.82, 2.24) is 10.3 Å². The Kier molecular flexibility index (Phi) is 4.86. The summed E-state index contributed by atoms with van der Waals surface area (Å²) in [6.45, 7) is 7.07. The molecule has 1 saturated carbocycles. The Morgan fingerprint density at radius 1 is 1.50 bits per heavy atom. The van der Waals surface area contributed by atoms with Crippen LogP contribution >= 0.6 is 11.3 Å². The lowest BCUT2D eigenvalue weighted by atomic mass is 10.1. The van der Waals surface area contributed by atoms with Gasteiger partial charge in [-0.15, -0.1) is 0 Å². The molecular weight excluding hydrogens is 272 g/mol. The summed E-state index contributed by atoms with van der Waals surface area (Å²) in [4.78, 5) is 16.9. The zero-order valence-corrected chi connectivity index (χ0v) is 13.2. The number of nitrogens with zero attached hydrogens (tertiary/aromatic N) is 1. The third-order valence-corrected chi connectivity index (χ3v) is 4.63. The predicted molar refractivity (Wildman–Crippen MR) is 84.1 cm³/mol. The largest absolute Gasteiger partial charge is 0.382 e. The average molecular weight is 296 g/mol. The molecule has 2 unspecified atom stereocenters. The summed E-state index contributed by atoms with van der Waals surface area (Å²) >= 11 is 1.32. The zero-order chi connectivity index (χ0) is 14.7. The highest BCUT2D eigenvalue weighted by atomic mass is 32.1. The number of rotatable bonds is 5. The summed E-state index contributed by atoms with van der Waals surface area (Å²) in [7, 11) is 0. The Balaban J connectivity index is 1.90. The molecule has 0 saturated heterocycles. The van der Waals surface area contributed by atoms with E-state index in [-0.39, 0.29) is 11.9 Å². The molecule has 1 aromatic heterocycles. The molecule has 1 amide bonds. The normalized spacial score (nSPS) is 22.2. The van der Waals surface area contributed by atoms with Crippen molar-refractivity contribution in [2.45, 2.75) is 46.1 Å². The van der Waals surface area contributed by atoms with E-state index in [1.807, 2.05) is 13.8 Å². The molecule has 0 bridgehead atoms. The maximum Gasteiger partial charge on any atom is 0.265 e. The van der Waals surface area contributed by atoms with Crippen LogP contribution in [0.4, 0.5) is 10.9 Å². The van der Waals surface area contributed by atoms with E-state index in [1.54, 1.807) is 0 Å². The van der Waals surface area contributed by atoms with Gasteiger partial charge in [0.15, 0.2) is 5.13 Å². The summed E-state index contributed by atoms with van der Waals surface area (Å²) < 4.78 is 0. The molecule has 0 aliphatic heterocycles. The standard InChI is InChI=1S/C14H24N4OS/c1-8(2)17-14-18-12(15)11(20-14)13(19)16-7-10-5-4-9(3)6-10/h8-10H,4-7,15H2,1-3H3,(H,16,19)(H,17,18). The summed E-state index contributed by atoms with van der Waals surface area (Å²) in [6, 6.07) is 0.274. The number of nitrogens with one attached hydrogen (secondary N) is 2. The van der Waals surface area contributed by atoms with Crippen LogP contribution in [-0.2, 0) is 0 Å². The number of carbonyl (C=O) groups is 1. The van der Waals surface area contributed by atoms with Crippen LogP contribution in [0.25, 0.3) is 0 Å². The second-order valence-electron chi connectivity index (χ2n) is 6.03. The number of aromatic nitrogens is 1. The van der Waals surface area contributed by atoms with E-state index in [4.69, 9.17) is 5.73 Å². The van der Waals surface area contributed by atoms with E-state index in [1.165, 1.54) is 30.6 Å². The number of anilines is 2.